The first kappa shape index (κ1) is 22.7. The molecule has 1 aromatic heterocycles. The highest BCUT2D eigenvalue weighted by Gasteiger charge is 2.26. The summed E-state index contributed by atoms with van der Waals surface area (Å²) in [5.41, 5.74) is 3.34. The number of hydrogen-bond donors (Lipinski definition) is 2. The van der Waals surface area contributed by atoms with Crippen LogP contribution in [0, 0.1) is 5.92 Å². The zero-order valence-electron chi connectivity index (χ0n) is 19.2. The van der Waals surface area contributed by atoms with Crippen LogP contribution in [0.3, 0.4) is 0 Å². The summed E-state index contributed by atoms with van der Waals surface area (Å²) in [5, 5.41) is 4.30. The van der Waals surface area contributed by atoms with Crippen LogP contribution >= 0.6 is 0 Å². The summed E-state index contributed by atoms with van der Waals surface area (Å²) in [7, 11) is 0. The highest BCUT2D eigenvalue weighted by atomic mass is 16.5. The molecule has 7 heteroatoms. The number of nitrogens with zero attached hydrogens (tertiary/aromatic N) is 1. The van der Waals surface area contributed by atoms with Crippen molar-refractivity contribution in [1.29, 1.82) is 0 Å². The molecule has 2 N–H and O–H groups in total. The van der Waals surface area contributed by atoms with Crippen molar-refractivity contribution in [2.45, 2.75) is 33.2 Å². The van der Waals surface area contributed by atoms with Gasteiger partial charge in [-0.25, -0.2) is 0 Å². The molecule has 1 saturated heterocycles. The molecule has 0 bridgehead atoms. The Labute approximate surface area is 193 Å². The second-order valence-corrected chi connectivity index (χ2v) is 8.24. The van der Waals surface area contributed by atoms with Crippen LogP contribution in [0.2, 0.25) is 0 Å². The normalized spacial score (nSPS) is 15.9. The highest BCUT2D eigenvalue weighted by Crippen LogP contribution is 2.26. The predicted octanol–water partition coefficient (Wildman–Crippen LogP) is 4.32. The number of esters is 1. The van der Waals surface area contributed by atoms with Gasteiger partial charge in [0, 0.05) is 42.6 Å². The second-order valence-electron chi connectivity index (χ2n) is 8.24. The molecule has 7 nitrogen and oxygen atoms in total. The van der Waals surface area contributed by atoms with Gasteiger partial charge < -0.3 is 24.7 Å². The molecule has 33 heavy (non-hydrogen) atoms. The molecule has 0 saturated carbocycles. The topological polar surface area (TPSA) is 83.7 Å². The van der Waals surface area contributed by atoms with E-state index in [9.17, 15) is 9.59 Å². The summed E-state index contributed by atoms with van der Waals surface area (Å²) in [5.74, 6) is 0.574. The van der Waals surface area contributed by atoms with E-state index >= 15 is 0 Å². The van der Waals surface area contributed by atoms with Crippen LogP contribution in [0.1, 0.15) is 32.3 Å². The Bertz CT molecular complexity index is 1160. The molecule has 1 atom stereocenters. The first-order valence-corrected chi connectivity index (χ1v) is 11.6. The van der Waals surface area contributed by atoms with Gasteiger partial charge in [0.05, 0.1) is 24.6 Å². The van der Waals surface area contributed by atoms with Gasteiger partial charge in [-0.15, -0.1) is 0 Å². The van der Waals surface area contributed by atoms with E-state index in [4.69, 9.17) is 9.47 Å². The largest absolute Gasteiger partial charge is 0.494 e. The first-order chi connectivity index (χ1) is 16.1. The van der Waals surface area contributed by atoms with Gasteiger partial charge in [-0.1, -0.05) is 0 Å². The third kappa shape index (κ3) is 5.48. The standard InChI is InChI=1S/C26H31N3O4/c1-3-32-23-12-7-18-14-20(25(30)28-24(18)15-23)16-27-21-8-10-22(11-9-21)29-13-5-6-19(17-29)26(31)33-4-2/h7-12,14-15,19,27H,3-6,13,16-17H2,1-2H3,(H,28,30)/t19-/m0/s1. The zero-order valence-corrected chi connectivity index (χ0v) is 19.2. The summed E-state index contributed by atoms with van der Waals surface area (Å²) < 4.78 is 10.7. The van der Waals surface area contributed by atoms with E-state index in [2.05, 4.69) is 27.3 Å². The Balaban J connectivity index is 1.40. The number of hydrogen-bond acceptors (Lipinski definition) is 6. The number of aromatic nitrogens is 1. The number of carbonyl (C=O) groups is 1. The van der Waals surface area contributed by atoms with E-state index in [1.165, 1.54) is 0 Å². The molecule has 0 aliphatic carbocycles. The molecule has 0 spiro atoms. The van der Waals surface area contributed by atoms with Crippen LogP contribution in [-0.4, -0.2) is 37.3 Å². The average Bonchev–Trinajstić information content (AvgIpc) is 2.83. The van der Waals surface area contributed by atoms with E-state index in [0.29, 0.717) is 31.9 Å². The predicted molar refractivity (Wildman–Crippen MR) is 131 cm³/mol. The van der Waals surface area contributed by atoms with Gasteiger partial charge in [0.2, 0.25) is 0 Å². The van der Waals surface area contributed by atoms with Crippen molar-refractivity contribution in [2.24, 2.45) is 5.92 Å². The monoisotopic (exact) mass is 449 g/mol. The minimum absolute atomic E-state index is 0.0688. The lowest BCUT2D eigenvalue weighted by Crippen LogP contribution is -2.39. The maximum absolute atomic E-state index is 12.5. The quantitative estimate of drug-likeness (QED) is 0.499. The molecule has 1 aliphatic rings. The number of nitrogens with one attached hydrogen (secondary N) is 2. The summed E-state index contributed by atoms with van der Waals surface area (Å²) in [6, 6.07) is 15.7. The molecule has 4 rings (SSSR count). The van der Waals surface area contributed by atoms with E-state index in [-0.39, 0.29) is 17.4 Å². The minimum Gasteiger partial charge on any atom is -0.494 e. The maximum Gasteiger partial charge on any atom is 0.310 e. The Morgan fingerprint density at radius 3 is 2.70 bits per heavy atom. The Kier molecular flexibility index (Phi) is 7.17. The van der Waals surface area contributed by atoms with E-state index in [0.717, 1.165) is 47.4 Å². The van der Waals surface area contributed by atoms with Crippen LogP contribution in [0.5, 0.6) is 5.75 Å². The van der Waals surface area contributed by atoms with E-state index in [1.54, 1.807) is 0 Å². The van der Waals surface area contributed by atoms with Crippen molar-refractivity contribution in [2.75, 3.05) is 36.5 Å². The molecule has 3 aromatic rings. The fraction of sp³-hybridized carbons (Fsp3) is 0.385. The number of H-pyrrole nitrogens is 1. The Morgan fingerprint density at radius 1 is 1.12 bits per heavy atom. The summed E-state index contributed by atoms with van der Waals surface area (Å²) in [4.78, 5) is 29.8. The maximum atomic E-state index is 12.5. The molecule has 1 aliphatic heterocycles. The number of rotatable bonds is 8. The second kappa shape index (κ2) is 10.4. The van der Waals surface area contributed by atoms with Crippen LogP contribution in [0.25, 0.3) is 10.9 Å². The third-order valence-corrected chi connectivity index (χ3v) is 5.96. The number of benzene rings is 2. The van der Waals surface area contributed by atoms with E-state index < -0.39 is 0 Å². The van der Waals surface area contributed by atoms with Crippen molar-refractivity contribution in [3.8, 4) is 5.75 Å². The third-order valence-electron chi connectivity index (χ3n) is 5.96. The number of carbonyl (C=O) groups excluding carboxylic acids is 1. The summed E-state index contributed by atoms with van der Waals surface area (Å²) >= 11 is 0. The van der Waals surface area contributed by atoms with Gasteiger partial charge in [-0.3, -0.25) is 9.59 Å². The summed E-state index contributed by atoms with van der Waals surface area (Å²) in [6.45, 7) is 6.81. The fourth-order valence-electron chi connectivity index (χ4n) is 4.26. The molecule has 1 fully saturated rings. The van der Waals surface area contributed by atoms with Gasteiger partial charge in [0.25, 0.3) is 5.56 Å². The van der Waals surface area contributed by atoms with Crippen molar-refractivity contribution in [3.63, 3.8) is 0 Å². The van der Waals surface area contributed by atoms with Crippen molar-refractivity contribution >= 4 is 28.2 Å². The lowest BCUT2D eigenvalue weighted by Gasteiger charge is -2.33. The number of piperidine rings is 1. The van der Waals surface area contributed by atoms with Crippen molar-refractivity contribution in [1.82, 2.24) is 4.98 Å². The van der Waals surface area contributed by atoms with Crippen LogP contribution in [0.4, 0.5) is 11.4 Å². The van der Waals surface area contributed by atoms with E-state index in [1.807, 2.05) is 50.2 Å². The molecular formula is C26H31N3O4. The van der Waals surface area contributed by atoms with Crippen molar-refractivity contribution < 1.29 is 14.3 Å². The minimum atomic E-state index is -0.112. The lowest BCUT2D eigenvalue weighted by atomic mass is 9.97. The molecule has 174 valence electrons. The summed E-state index contributed by atoms with van der Waals surface area (Å²) in [6.07, 6.45) is 1.85. The van der Waals surface area contributed by atoms with Crippen LogP contribution in [0.15, 0.2) is 53.3 Å². The number of pyridine rings is 1. The molecule has 0 unspecified atom stereocenters. The van der Waals surface area contributed by atoms with Crippen LogP contribution < -0.4 is 20.5 Å². The van der Waals surface area contributed by atoms with Gasteiger partial charge in [-0.2, -0.15) is 0 Å². The van der Waals surface area contributed by atoms with Gasteiger partial charge in [-0.05, 0) is 74.5 Å². The number of fused-ring (bicyclic) bond motifs is 1. The number of anilines is 2. The number of ether oxygens (including phenoxy) is 2. The molecule has 2 heterocycles. The molecular weight excluding hydrogens is 418 g/mol. The SMILES string of the molecule is CCOC(=O)[C@H]1CCCN(c2ccc(NCc3cc4ccc(OCC)cc4[nH]c3=O)cc2)C1. The van der Waals surface area contributed by atoms with Gasteiger partial charge in [0.1, 0.15) is 5.75 Å². The van der Waals surface area contributed by atoms with Gasteiger partial charge >= 0.3 is 5.97 Å². The lowest BCUT2D eigenvalue weighted by molar-refractivity contribution is -0.148. The Morgan fingerprint density at radius 2 is 1.94 bits per heavy atom. The average molecular weight is 450 g/mol. The molecule has 2 aromatic carbocycles. The highest BCUT2D eigenvalue weighted by molar-refractivity contribution is 5.80. The molecule has 0 amide bonds. The zero-order chi connectivity index (χ0) is 23.2. The first-order valence-electron chi connectivity index (χ1n) is 11.6. The smallest absolute Gasteiger partial charge is 0.310 e. The van der Waals surface area contributed by atoms with Gasteiger partial charge in [0.15, 0.2) is 0 Å². The van der Waals surface area contributed by atoms with Crippen molar-refractivity contribution in [3.05, 3.63) is 64.4 Å². The Hall–Kier alpha value is -3.48. The molecule has 0 radical (unpaired) electrons. The number of aromatic amines is 1. The fourth-order valence-corrected chi connectivity index (χ4v) is 4.26. The van der Waals surface area contributed by atoms with Crippen LogP contribution in [-0.2, 0) is 16.1 Å².